The van der Waals surface area contributed by atoms with Gasteiger partial charge in [0.1, 0.15) is 0 Å². The number of anilines is 1. The monoisotopic (exact) mass is 288 g/mol. The van der Waals surface area contributed by atoms with Crippen molar-refractivity contribution in [3.05, 3.63) is 29.8 Å². The van der Waals surface area contributed by atoms with Crippen LogP contribution in [0.25, 0.3) is 0 Å². The van der Waals surface area contributed by atoms with E-state index in [1.807, 2.05) is 0 Å². The summed E-state index contributed by atoms with van der Waals surface area (Å²) in [6.45, 7) is 0.705. The number of benzene rings is 1. The van der Waals surface area contributed by atoms with Crippen molar-refractivity contribution in [3.63, 3.8) is 0 Å². The highest BCUT2D eigenvalue weighted by Gasteiger charge is 2.51. The fourth-order valence-electron chi connectivity index (χ4n) is 2.60. The zero-order chi connectivity index (χ0) is 14.9. The summed E-state index contributed by atoms with van der Waals surface area (Å²) in [6.07, 6.45) is 5.01. The van der Waals surface area contributed by atoms with E-state index in [0.29, 0.717) is 25.1 Å². The number of hydrogen-bond acceptors (Lipinski definition) is 2. The molecule has 0 heterocycles. The van der Waals surface area contributed by atoms with Crippen molar-refractivity contribution >= 4 is 17.7 Å². The highest BCUT2D eigenvalue weighted by Crippen LogP contribution is 2.48. The molecule has 0 bridgehead atoms. The summed E-state index contributed by atoms with van der Waals surface area (Å²) in [5.41, 5.74) is 0.809. The second-order valence-electron chi connectivity index (χ2n) is 6.08. The van der Waals surface area contributed by atoms with Crippen LogP contribution in [0.2, 0.25) is 0 Å². The number of hydrogen-bond donors (Lipinski definition) is 3. The van der Waals surface area contributed by atoms with E-state index in [1.165, 1.54) is 12.8 Å². The van der Waals surface area contributed by atoms with Gasteiger partial charge >= 0.3 is 12.0 Å². The number of carbonyl (C=O) groups excluding carboxylic acids is 1. The van der Waals surface area contributed by atoms with Crippen molar-refractivity contribution < 1.29 is 14.7 Å². The average Bonchev–Trinajstić information content (AvgIpc) is 3.34. The number of carboxylic acid groups (broad SMARTS) is 1. The Morgan fingerprint density at radius 1 is 1.19 bits per heavy atom. The van der Waals surface area contributed by atoms with Crippen molar-refractivity contribution in [2.45, 2.75) is 37.5 Å². The standard InChI is InChI=1S/C16H20N2O3/c19-14(20)16(8-9-16)12-3-5-13(6-4-12)18-15(21)17-10-7-11-1-2-11/h3-6,11H,1-2,7-10H2,(H,19,20)(H2,17,18,21). The van der Waals surface area contributed by atoms with Gasteiger partial charge in [-0.2, -0.15) is 0 Å². The number of aliphatic carboxylic acids is 1. The maximum Gasteiger partial charge on any atom is 0.319 e. The smallest absolute Gasteiger partial charge is 0.319 e. The number of nitrogens with one attached hydrogen (secondary N) is 2. The summed E-state index contributed by atoms with van der Waals surface area (Å²) >= 11 is 0. The van der Waals surface area contributed by atoms with Crippen LogP contribution in [-0.2, 0) is 10.2 Å². The largest absolute Gasteiger partial charge is 0.481 e. The topological polar surface area (TPSA) is 78.4 Å². The van der Waals surface area contributed by atoms with Crippen LogP contribution in [0, 0.1) is 5.92 Å². The van der Waals surface area contributed by atoms with Crippen LogP contribution in [-0.4, -0.2) is 23.7 Å². The molecule has 0 spiro atoms. The first-order valence-corrected chi connectivity index (χ1v) is 7.49. The third kappa shape index (κ3) is 3.17. The Bertz CT molecular complexity index is 545. The van der Waals surface area contributed by atoms with E-state index in [0.717, 1.165) is 17.9 Å². The highest BCUT2D eigenvalue weighted by molar-refractivity contribution is 5.89. The van der Waals surface area contributed by atoms with E-state index < -0.39 is 11.4 Å². The number of carbonyl (C=O) groups is 2. The normalized spacial score (nSPS) is 18.9. The summed E-state index contributed by atoms with van der Waals surface area (Å²) in [5, 5.41) is 14.8. The predicted molar refractivity (Wildman–Crippen MR) is 79.4 cm³/mol. The van der Waals surface area contributed by atoms with Crippen LogP contribution in [0.5, 0.6) is 0 Å². The summed E-state index contributed by atoms with van der Waals surface area (Å²) in [7, 11) is 0. The third-order valence-electron chi connectivity index (χ3n) is 4.39. The number of carboxylic acids is 1. The van der Waals surface area contributed by atoms with Gasteiger partial charge in [-0.3, -0.25) is 4.79 Å². The molecule has 2 fully saturated rings. The summed E-state index contributed by atoms with van der Waals surface area (Å²) in [6, 6.07) is 6.90. The summed E-state index contributed by atoms with van der Waals surface area (Å²) in [4.78, 5) is 22.9. The molecule has 0 atom stereocenters. The first-order valence-electron chi connectivity index (χ1n) is 7.49. The van der Waals surface area contributed by atoms with Gasteiger partial charge in [0.15, 0.2) is 0 Å². The molecule has 1 aromatic carbocycles. The van der Waals surface area contributed by atoms with Crippen molar-refractivity contribution in [2.75, 3.05) is 11.9 Å². The minimum atomic E-state index is -0.763. The molecule has 3 rings (SSSR count). The molecule has 0 saturated heterocycles. The maximum absolute atomic E-state index is 11.7. The second kappa shape index (κ2) is 5.39. The molecule has 21 heavy (non-hydrogen) atoms. The van der Waals surface area contributed by atoms with Gasteiger partial charge in [0.25, 0.3) is 0 Å². The Morgan fingerprint density at radius 2 is 1.86 bits per heavy atom. The molecular formula is C16H20N2O3. The van der Waals surface area contributed by atoms with Gasteiger partial charge in [-0.1, -0.05) is 25.0 Å². The number of amides is 2. The molecule has 3 N–H and O–H groups in total. The Kier molecular flexibility index (Phi) is 3.57. The Hall–Kier alpha value is -2.04. The lowest BCUT2D eigenvalue weighted by atomic mass is 9.96. The zero-order valence-corrected chi connectivity index (χ0v) is 11.9. The lowest BCUT2D eigenvalue weighted by molar-refractivity contribution is -0.140. The van der Waals surface area contributed by atoms with Crippen molar-refractivity contribution in [1.82, 2.24) is 5.32 Å². The van der Waals surface area contributed by atoms with Gasteiger partial charge in [0.05, 0.1) is 5.41 Å². The van der Waals surface area contributed by atoms with E-state index >= 15 is 0 Å². The Balaban J connectivity index is 1.52. The molecule has 5 nitrogen and oxygen atoms in total. The minimum absolute atomic E-state index is 0.206. The molecule has 5 heteroatoms. The van der Waals surface area contributed by atoms with Gasteiger partial charge in [-0.05, 0) is 42.9 Å². The first kappa shape index (κ1) is 13.9. The lowest BCUT2D eigenvalue weighted by Gasteiger charge is -2.12. The van der Waals surface area contributed by atoms with E-state index in [9.17, 15) is 14.7 Å². The Morgan fingerprint density at radius 3 is 2.38 bits per heavy atom. The van der Waals surface area contributed by atoms with Gasteiger partial charge in [0.2, 0.25) is 0 Å². The fraction of sp³-hybridized carbons (Fsp3) is 0.500. The Labute approximate surface area is 123 Å². The van der Waals surface area contributed by atoms with Crippen molar-refractivity contribution in [2.24, 2.45) is 5.92 Å². The van der Waals surface area contributed by atoms with E-state index in [-0.39, 0.29) is 6.03 Å². The van der Waals surface area contributed by atoms with Crippen molar-refractivity contribution in [3.8, 4) is 0 Å². The number of urea groups is 1. The predicted octanol–water partition coefficient (Wildman–Crippen LogP) is 2.72. The molecule has 0 aromatic heterocycles. The highest BCUT2D eigenvalue weighted by atomic mass is 16.4. The minimum Gasteiger partial charge on any atom is -0.481 e. The molecule has 2 amide bonds. The first-order chi connectivity index (χ1) is 10.1. The maximum atomic E-state index is 11.7. The molecule has 1 aromatic rings. The van der Waals surface area contributed by atoms with E-state index in [1.54, 1.807) is 24.3 Å². The zero-order valence-electron chi connectivity index (χ0n) is 11.9. The van der Waals surface area contributed by atoms with Crippen LogP contribution in [0.4, 0.5) is 10.5 Å². The fourth-order valence-corrected chi connectivity index (χ4v) is 2.60. The lowest BCUT2D eigenvalue weighted by Crippen LogP contribution is -2.29. The van der Waals surface area contributed by atoms with Gasteiger partial charge in [-0.25, -0.2) is 4.79 Å². The third-order valence-corrected chi connectivity index (χ3v) is 4.39. The summed E-state index contributed by atoms with van der Waals surface area (Å²) in [5.74, 6) is 0.0383. The molecule has 2 aliphatic carbocycles. The van der Waals surface area contributed by atoms with Crippen LogP contribution >= 0.6 is 0 Å². The second-order valence-corrected chi connectivity index (χ2v) is 6.08. The molecule has 0 radical (unpaired) electrons. The van der Waals surface area contributed by atoms with E-state index in [2.05, 4.69) is 10.6 Å². The van der Waals surface area contributed by atoms with E-state index in [4.69, 9.17) is 0 Å². The average molecular weight is 288 g/mol. The summed E-state index contributed by atoms with van der Waals surface area (Å²) < 4.78 is 0. The van der Waals surface area contributed by atoms with Gasteiger partial charge < -0.3 is 15.7 Å². The van der Waals surface area contributed by atoms with Crippen LogP contribution in [0.3, 0.4) is 0 Å². The molecule has 2 aliphatic rings. The quantitative estimate of drug-likeness (QED) is 0.753. The molecule has 0 unspecified atom stereocenters. The van der Waals surface area contributed by atoms with Gasteiger partial charge in [-0.15, -0.1) is 0 Å². The molecule has 0 aliphatic heterocycles. The molecular weight excluding hydrogens is 268 g/mol. The van der Waals surface area contributed by atoms with Crippen LogP contribution in [0.15, 0.2) is 24.3 Å². The molecule has 2 saturated carbocycles. The number of rotatable bonds is 6. The van der Waals surface area contributed by atoms with Crippen LogP contribution < -0.4 is 10.6 Å². The SMILES string of the molecule is O=C(NCCC1CC1)Nc1ccc(C2(C(=O)O)CC2)cc1. The van der Waals surface area contributed by atoms with Crippen LogP contribution in [0.1, 0.15) is 37.7 Å². The van der Waals surface area contributed by atoms with Gasteiger partial charge in [0, 0.05) is 12.2 Å². The van der Waals surface area contributed by atoms with Crippen molar-refractivity contribution in [1.29, 1.82) is 0 Å². The molecule has 112 valence electrons.